The summed E-state index contributed by atoms with van der Waals surface area (Å²) in [5.41, 5.74) is 4.59. The van der Waals surface area contributed by atoms with E-state index in [0.717, 1.165) is 17.9 Å². The topological polar surface area (TPSA) is 37.8 Å². The molecule has 0 bridgehead atoms. The van der Waals surface area contributed by atoms with Crippen molar-refractivity contribution in [2.45, 2.75) is 33.4 Å². The summed E-state index contributed by atoms with van der Waals surface area (Å²) < 4.78 is 0. The van der Waals surface area contributed by atoms with Gasteiger partial charge in [0.25, 0.3) is 0 Å². The van der Waals surface area contributed by atoms with Gasteiger partial charge >= 0.3 is 0 Å². The van der Waals surface area contributed by atoms with Gasteiger partial charge in [0.2, 0.25) is 0 Å². The molecule has 0 spiro atoms. The molecule has 1 atom stereocenters. The predicted octanol–water partition coefficient (Wildman–Crippen LogP) is 2.94. The molecule has 1 aromatic heterocycles. The third kappa shape index (κ3) is 3.14. The highest BCUT2D eigenvalue weighted by Crippen LogP contribution is 2.13. The number of hydrogen-bond acceptors (Lipinski definition) is 3. The largest absolute Gasteiger partial charge is 0.305 e. The second-order valence-corrected chi connectivity index (χ2v) is 4.62. The normalized spacial score (nSPS) is 12.4. The molecule has 3 heteroatoms. The van der Waals surface area contributed by atoms with Crippen LogP contribution >= 0.6 is 0 Å². The van der Waals surface area contributed by atoms with Crippen molar-refractivity contribution in [2.75, 3.05) is 0 Å². The molecule has 18 heavy (non-hydrogen) atoms. The summed E-state index contributed by atoms with van der Waals surface area (Å²) in [6, 6.07) is 8.74. The molecule has 1 unspecified atom stereocenters. The maximum absolute atomic E-state index is 4.38. The number of nitrogens with zero attached hydrogens (tertiary/aromatic N) is 2. The minimum Gasteiger partial charge on any atom is -0.305 e. The maximum atomic E-state index is 4.38. The van der Waals surface area contributed by atoms with E-state index in [0.29, 0.717) is 0 Å². The van der Waals surface area contributed by atoms with Crippen LogP contribution in [0.25, 0.3) is 0 Å². The first-order valence-electron chi connectivity index (χ1n) is 6.23. The third-order valence-corrected chi connectivity index (χ3v) is 3.02. The molecular formula is C15H19N3. The van der Waals surface area contributed by atoms with Gasteiger partial charge in [-0.2, -0.15) is 0 Å². The highest BCUT2D eigenvalue weighted by molar-refractivity contribution is 5.22. The lowest BCUT2D eigenvalue weighted by molar-refractivity contribution is 0.555. The zero-order valence-corrected chi connectivity index (χ0v) is 11.1. The standard InChI is InChI=1S/C15H19N3/c1-11-5-4-6-14(9-11)10-18-13(3)15-12(2)16-7-8-17-15/h4-9,13,18H,10H2,1-3H3. The van der Waals surface area contributed by atoms with Crippen molar-refractivity contribution in [2.24, 2.45) is 0 Å². The molecule has 2 rings (SSSR count). The zero-order chi connectivity index (χ0) is 13.0. The molecule has 1 N–H and O–H groups in total. The van der Waals surface area contributed by atoms with Crippen molar-refractivity contribution in [3.63, 3.8) is 0 Å². The van der Waals surface area contributed by atoms with Crippen LogP contribution in [0.15, 0.2) is 36.7 Å². The fourth-order valence-corrected chi connectivity index (χ4v) is 2.03. The van der Waals surface area contributed by atoms with Crippen LogP contribution in [-0.2, 0) is 6.54 Å². The molecule has 0 aliphatic carbocycles. The average molecular weight is 241 g/mol. The molecule has 3 nitrogen and oxygen atoms in total. The van der Waals surface area contributed by atoms with Crippen LogP contribution in [0.5, 0.6) is 0 Å². The van der Waals surface area contributed by atoms with E-state index in [-0.39, 0.29) is 6.04 Å². The molecule has 94 valence electrons. The van der Waals surface area contributed by atoms with E-state index in [4.69, 9.17) is 0 Å². The lowest BCUT2D eigenvalue weighted by Crippen LogP contribution is -2.20. The average Bonchev–Trinajstić information content (AvgIpc) is 2.37. The van der Waals surface area contributed by atoms with Crippen molar-refractivity contribution >= 4 is 0 Å². The fraction of sp³-hybridized carbons (Fsp3) is 0.333. The first-order valence-corrected chi connectivity index (χ1v) is 6.23. The number of benzene rings is 1. The highest BCUT2D eigenvalue weighted by atomic mass is 14.9. The number of rotatable bonds is 4. The van der Waals surface area contributed by atoms with Gasteiger partial charge in [0.05, 0.1) is 11.4 Å². The Balaban J connectivity index is 2.00. The molecule has 1 heterocycles. The number of hydrogen-bond donors (Lipinski definition) is 1. The molecule has 0 amide bonds. The Morgan fingerprint density at radius 1 is 1.17 bits per heavy atom. The molecule has 0 saturated carbocycles. The Kier molecular flexibility index (Phi) is 4.05. The second kappa shape index (κ2) is 5.74. The summed E-state index contributed by atoms with van der Waals surface area (Å²) >= 11 is 0. The lowest BCUT2D eigenvalue weighted by atomic mass is 10.1. The molecule has 0 aliphatic heterocycles. The Labute approximate surface area is 108 Å². The van der Waals surface area contributed by atoms with Crippen LogP contribution in [0, 0.1) is 13.8 Å². The predicted molar refractivity (Wildman–Crippen MR) is 73.2 cm³/mol. The quantitative estimate of drug-likeness (QED) is 0.894. The monoisotopic (exact) mass is 241 g/mol. The Bertz CT molecular complexity index is 523. The summed E-state index contributed by atoms with van der Waals surface area (Å²) in [5, 5.41) is 3.48. The second-order valence-electron chi connectivity index (χ2n) is 4.62. The van der Waals surface area contributed by atoms with E-state index < -0.39 is 0 Å². The van der Waals surface area contributed by atoms with Crippen molar-refractivity contribution in [1.29, 1.82) is 0 Å². The van der Waals surface area contributed by atoms with Gasteiger partial charge in [0.1, 0.15) is 0 Å². The van der Waals surface area contributed by atoms with E-state index in [1.165, 1.54) is 11.1 Å². The summed E-state index contributed by atoms with van der Waals surface area (Å²) in [6.45, 7) is 7.07. The van der Waals surface area contributed by atoms with Gasteiger partial charge in [0.15, 0.2) is 0 Å². The van der Waals surface area contributed by atoms with Gasteiger partial charge in [-0.25, -0.2) is 0 Å². The van der Waals surface area contributed by atoms with Crippen LogP contribution < -0.4 is 5.32 Å². The van der Waals surface area contributed by atoms with Crippen LogP contribution in [0.1, 0.15) is 35.5 Å². The van der Waals surface area contributed by atoms with Gasteiger partial charge in [-0.1, -0.05) is 29.8 Å². The zero-order valence-electron chi connectivity index (χ0n) is 11.1. The minimum absolute atomic E-state index is 0.208. The van der Waals surface area contributed by atoms with Gasteiger partial charge < -0.3 is 5.32 Å². The summed E-state index contributed by atoms with van der Waals surface area (Å²) in [7, 11) is 0. The van der Waals surface area contributed by atoms with Crippen molar-refractivity contribution in [3.8, 4) is 0 Å². The molecule has 2 aromatic rings. The Hall–Kier alpha value is -1.74. The van der Waals surface area contributed by atoms with Crippen LogP contribution in [-0.4, -0.2) is 9.97 Å². The molecule has 0 fully saturated rings. The van der Waals surface area contributed by atoms with E-state index in [1.807, 2.05) is 6.92 Å². The summed E-state index contributed by atoms with van der Waals surface area (Å²) in [5.74, 6) is 0. The third-order valence-electron chi connectivity index (χ3n) is 3.02. The first kappa shape index (κ1) is 12.7. The van der Waals surface area contributed by atoms with Crippen molar-refractivity contribution < 1.29 is 0 Å². The summed E-state index contributed by atoms with van der Waals surface area (Å²) in [6.07, 6.45) is 3.47. The van der Waals surface area contributed by atoms with E-state index in [1.54, 1.807) is 12.4 Å². The van der Waals surface area contributed by atoms with Crippen molar-refractivity contribution in [1.82, 2.24) is 15.3 Å². The van der Waals surface area contributed by atoms with Crippen LogP contribution in [0.4, 0.5) is 0 Å². The molecule has 1 aromatic carbocycles. The van der Waals surface area contributed by atoms with Gasteiger partial charge in [-0.05, 0) is 26.3 Å². The highest BCUT2D eigenvalue weighted by Gasteiger charge is 2.09. The van der Waals surface area contributed by atoms with Crippen molar-refractivity contribution in [3.05, 3.63) is 59.2 Å². The van der Waals surface area contributed by atoms with E-state index in [2.05, 4.69) is 53.4 Å². The number of aromatic nitrogens is 2. The van der Waals surface area contributed by atoms with Gasteiger partial charge in [0, 0.05) is 25.0 Å². The van der Waals surface area contributed by atoms with E-state index >= 15 is 0 Å². The molecule has 0 radical (unpaired) electrons. The lowest BCUT2D eigenvalue weighted by Gasteiger charge is -2.15. The van der Waals surface area contributed by atoms with Crippen LogP contribution in [0.2, 0.25) is 0 Å². The maximum Gasteiger partial charge on any atom is 0.0782 e. The minimum atomic E-state index is 0.208. The fourth-order valence-electron chi connectivity index (χ4n) is 2.03. The first-order chi connectivity index (χ1) is 8.66. The molecular weight excluding hydrogens is 222 g/mol. The summed E-state index contributed by atoms with van der Waals surface area (Å²) in [4.78, 5) is 8.65. The Morgan fingerprint density at radius 2 is 1.94 bits per heavy atom. The SMILES string of the molecule is Cc1cccc(CNC(C)c2nccnc2C)c1. The van der Waals surface area contributed by atoms with E-state index in [9.17, 15) is 0 Å². The van der Waals surface area contributed by atoms with Gasteiger partial charge in [-0.15, -0.1) is 0 Å². The number of nitrogens with one attached hydrogen (secondary N) is 1. The smallest absolute Gasteiger partial charge is 0.0782 e. The molecule has 0 aliphatic rings. The Morgan fingerprint density at radius 3 is 2.67 bits per heavy atom. The molecule has 0 saturated heterocycles. The van der Waals surface area contributed by atoms with Gasteiger partial charge in [-0.3, -0.25) is 9.97 Å². The van der Waals surface area contributed by atoms with Crippen LogP contribution in [0.3, 0.4) is 0 Å². The number of aryl methyl sites for hydroxylation is 2.